The van der Waals surface area contributed by atoms with Gasteiger partial charge < -0.3 is 14.4 Å². The van der Waals surface area contributed by atoms with Crippen molar-refractivity contribution in [1.29, 1.82) is 0 Å². The number of fused-ring (bicyclic) bond motifs is 1. The summed E-state index contributed by atoms with van der Waals surface area (Å²) in [7, 11) is -3.64. The molecule has 4 rings (SSSR count). The lowest BCUT2D eigenvalue weighted by Crippen LogP contribution is -2.46. The summed E-state index contributed by atoms with van der Waals surface area (Å²) in [5, 5.41) is 0. The third kappa shape index (κ3) is 3.95. The molecule has 2 aliphatic heterocycles. The molecule has 0 saturated carbocycles. The summed E-state index contributed by atoms with van der Waals surface area (Å²) in [5.41, 5.74) is 1.77. The van der Waals surface area contributed by atoms with Crippen molar-refractivity contribution in [1.82, 2.24) is 4.90 Å². The van der Waals surface area contributed by atoms with Crippen molar-refractivity contribution in [2.45, 2.75) is 24.3 Å². The van der Waals surface area contributed by atoms with E-state index in [-0.39, 0.29) is 10.8 Å². The molecule has 1 fully saturated rings. The maximum atomic E-state index is 13.1. The average molecular weight is 416 g/mol. The maximum absolute atomic E-state index is 13.1. The lowest BCUT2D eigenvalue weighted by molar-refractivity contribution is -0.142. The number of hydrogen-bond acceptors (Lipinski definition) is 5. The minimum atomic E-state index is -3.64. The van der Waals surface area contributed by atoms with Crippen LogP contribution < -0.4 is 9.04 Å². The molecule has 0 aromatic heterocycles. The lowest BCUT2D eigenvalue weighted by Gasteiger charge is -2.29. The van der Waals surface area contributed by atoms with Crippen molar-refractivity contribution >= 4 is 21.6 Å². The number of morpholine rings is 1. The molecule has 1 atom stereocenters. The van der Waals surface area contributed by atoms with E-state index in [9.17, 15) is 13.2 Å². The van der Waals surface area contributed by atoms with Crippen LogP contribution in [0.3, 0.4) is 0 Å². The van der Waals surface area contributed by atoms with Crippen molar-refractivity contribution in [3.63, 3.8) is 0 Å². The van der Waals surface area contributed by atoms with Crippen LogP contribution in [0.4, 0.5) is 5.69 Å². The molecular weight excluding hydrogens is 392 g/mol. The van der Waals surface area contributed by atoms with Gasteiger partial charge in [-0.3, -0.25) is 9.10 Å². The molecule has 0 aliphatic carbocycles. The topological polar surface area (TPSA) is 76.2 Å². The zero-order valence-corrected chi connectivity index (χ0v) is 17.1. The van der Waals surface area contributed by atoms with Crippen molar-refractivity contribution in [3.8, 4) is 5.75 Å². The van der Waals surface area contributed by atoms with Gasteiger partial charge in [0.05, 0.1) is 23.8 Å². The van der Waals surface area contributed by atoms with Gasteiger partial charge in [0.1, 0.15) is 5.75 Å². The Kier molecular flexibility index (Phi) is 5.47. The van der Waals surface area contributed by atoms with E-state index < -0.39 is 16.1 Å². The first-order valence-corrected chi connectivity index (χ1v) is 11.1. The maximum Gasteiger partial charge on any atom is 0.264 e. The van der Waals surface area contributed by atoms with Crippen LogP contribution in [0.25, 0.3) is 0 Å². The van der Waals surface area contributed by atoms with Gasteiger partial charge in [-0.25, -0.2) is 8.42 Å². The van der Waals surface area contributed by atoms with Gasteiger partial charge in [-0.15, -0.1) is 0 Å². The van der Waals surface area contributed by atoms with E-state index in [0.717, 1.165) is 11.3 Å². The molecule has 29 heavy (non-hydrogen) atoms. The Morgan fingerprint density at radius 1 is 1.03 bits per heavy atom. The molecule has 2 aromatic rings. The molecule has 0 N–H and O–H groups in total. The quantitative estimate of drug-likeness (QED) is 0.746. The van der Waals surface area contributed by atoms with Gasteiger partial charge in [0.2, 0.25) is 0 Å². The van der Waals surface area contributed by atoms with Crippen LogP contribution in [-0.2, 0) is 26.0 Å². The van der Waals surface area contributed by atoms with Gasteiger partial charge in [0.15, 0.2) is 6.10 Å². The highest BCUT2D eigenvalue weighted by Gasteiger charge is 2.30. The Labute approximate surface area is 170 Å². The van der Waals surface area contributed by atoms with Crippen LogP contribution >= 0.6 is 0 Å². The fourth-order valence-corrected chi connectivity index (χ4v) is 5.17. The first-order chi connectivity index (χ1) is 14.0. The van der Waals surface area contributed by atoms with Crippen molar-refractivity contribution < 1.29 is 22.7 Å². The molecule has 0 bridgehead atoms. The number of hydrogen-bond donors (Lipinski definition) is 0. The van der Waals surface area contributed by atoms with Gasteiger partial charge in [-0.05, 0) is 49.2 Å². The Morgan fingerprint density at radius 3 is 2.45 bits per heavy atom. The van der Waals surface area contributed by atoms with E-state index in [2.05, 4.69) is 0 Å². The van der Waals surface area contributed by atoms with Crippen LogP contribution in [0, 0.1) is 0 Å². The number of ether oxygens (including phenoxy) is 2. The summed E-state index contributed by atoms with van der Waals surface area (Å²) in [6, 6.07) is 13.8. The summed E-state index contributed by atoms with van der Waals surface area (Å²) in [6.45, 7) is 4.31. The van der Waals surface area contributed by atoms with E-state index in [1.54, 1.807) is 24.0 Å². The highest BCUT2D eigenvalue weighted by Crippen LogP contribution is 2.33. The summed E-state index contributed by atoms with van der Waals surface area (Å²) in [6.07, 6.45) is 0.0543. The van der Waals surface area contributed by atoms with Gasteiger partial charge >= 0.3 is 0 Å². The van der Waals surface area contributed by atoms with Gasteiger partial charge in [-0.2, -0.15) is 0 Å². The molecule has 7 nitrogen and oxygen atoms in total. The van der Waals surface area contributed by atoms with E-state index in [0.29, 0.717) is 45.0 Å². The largest absolute Gasteiger partial charge is 0.481 e. The normalized spacial score (nSPS) is 17.7. The van der Waals surface area contributed by atoms with E-state index in [1.807, 2.05) is 24.3 Å². The summed E-state index contributed by atoms with van der Waals surface area (Å²) < 4.78 is 38.6. The smallest absolute Gasteiger partial charge is 0.264 e. The van der Waals surface area contributed by atoms with Gasteiger partial charge in [-0.1, -0.05) is 18.2 Å². The van der Waals surface area contributed by atoms with E-state index in [1.165, 1.54) is 16.4 Å². The minimum Gasteiger partial charge on any atom is -0.481 e. The Morgan fingerprint density at radius 2 is 1.72 bits per heavy atom. The molecule has 0 spiro atoms. The molecule has 154 valence electrons. The number of rotatable bonds is 5. The monoisotopic (exact) mass is 416 g/mol. The second kappa shape index (κ2) is 8.04. The zero-order valence-electron chi connectivity index (χ0n) is 16.3. The van der Waals surface area contributed by atoms with Crippen molar-refractivity contribution in [2.24, 2.45) is 0 Å². The van der Waals surface area contributed by atoms with Gasteiger partial charge in [0, 0.05) is 19.6 Å². The molecule has 1 amide bonds. The molecule has 0 unspecified atom stereocenters. The van der Waals surface area contributed by atoms with Crippen LogP contribution in [0.5, 0.6) is 5.75 Å². The summed E-state index contributed by atoms with van der Waals surface area (Å²) in [5.74, 6) is 0.360. The molecular formula is C21H24N2O5S. The van der Waals surface area contributed by atoms with E-state index >= 15 is 0 Å². The highest BCUT2D eigenvalue weighted by molar-refractivity contribution is 7.92. The predicted molar refractivity (Wildman–Crippen MR) is 109 cm³/mol. The van der Waals surface area contributed by atoms with Crippen molar-refractivity contribution in [2.75, 3.05) is 37.2 Å². The number of carbonyl (C=O) groups is 1. The summed E-state index contributed by atoms with van der Waals surface area (Å²) in [4.78, 5) is 14.4. The number of para-hydroxylation sites is 1. The first-order valence-electron chi connectivity index (χ1n) is 9.71. The average Bonchev–Trinajstić information content (AvgIpc) is 3.19. The Balaban J connectivity index is 1.46. The molecule has 2 aromatic carbocycles. The predicted octanol–water partition coefficient (Wildman–Crippen LogP) is 2.06. The summed E-state index contributed by atoms with van der Waals surface area (Å²) >= 11 is 0. The third-order valence-electron chi connectivity index (χ3n) is 5.24. The Hall–Kier alpha value is -2.58. The van der Waals surface area contributed by atoms with Crippen LogP contribution in [0.2, 0.25) is 0 Å². The molecule has 2 heterocycles. The second-order valence-electron chi connectivity index (χ2n) is 7.13. The van der Waals surface area contributed by atoms with Crippen LogP contribution in [0.1, 0.15) is 12.5 Å². The zero-order chi connectivity index (χ0) is 20.4. The molecule has 8 heteroatoms. The molecule has 0 radical (unpaired) electrons. The fraction of sp³-hybridized carbons (Fsp3) is 0.381. The minimum absolute atomic E-state index is 0.0985. The van der Waals surface area contributed by atoms with Crippen molar-refractivity contribution in [3.05, 3.63) is 54.1 Å². The third-order valence-corrected chi connectivity index (χ3v) is 7.07. The number of sulfonamides is 1. The number of anilines is 1. The highest BCUT2D eigenvalue weighted by atomic mass is 32.2. The van der Waals surface area contributed by atoms with Gasteiger partial charge in [0.25, 0.3) is 15.9 Å². The molecule has 2 aliphatic rings. The SMILES string of the molecule is C[C@H](Oc1ccc(S(=O)(=O)N2CCc3ccccc32)cc1)C(=O)N1CCOCC1. The molecule has 1 saturated heterocycles. The number of nitrogens with zero attached hydrogens (tertiary/aromatic N) is 2. The lowest BCUT2D eigenvalue weighted by atomic mass is 10.2. The standard InChI is InChI=1S/C21H24N2O5S/c1-16(21(24)22-12-14-27-15-13-22)28-18-6-8-19(9-7-18)29(25,26)23-11-10-17-4-2-3-5-20(17)23/h2-9,16H,10-15H2,1H3/t16-/m0/s1. The van der Waals surface area contributed by atoms with Crippen LogP contribution in [0.15, 0.2) is 53.4 Å². The second-order valence-corrected chi connectivity index (χ2v) is 8.99. The van der Waals surface area contributed by atoms with E-state index in [4.69, 9.17) is 9.47 Å². The van der Waals surface area contributed by atoms with Crippen LogP contribution in [-0.4, -0.2) is 58.2 Å². The number of benzene rings is 2. The first kappa shape index (κ1) is 19.7. The number of carbonyl (C=O) groups excluding carboxylic acids is 1. The number of amides is 1. The fourth-order valence-electron chi connectivity index (χ4n) is 3.67. The Bertz CT molecular complexity index is 984.